The van der Waals surface area contributed by atoms with Gasteiger partial charge in [-0.2, -0.15) is 0 Å². The Balaban J connectivity index is 2.70. The van der Waals surface area contributed by atoms with Gasteiger partial charge in [0.2, 0.25) is 0 Å². The van der Waals surface area contributed by atoms with Crippen molar-refractivity contribution in [1.29, 1.82) is 0 Å². The second-order valence-corrected chi connectivity index (χ2v) is 3.93. The lowest BCUT2D eigenvalue weighted by Gasteiger charge is -2.06. The maximum atomic E-state index is 11.8. The molecular weight excluding hydrogens is 310 g/mol. The molecule has 1 rings (SSSR count). The molecule has 0 aliphatic heterocycles. The maximum Gasteiger partial charge on any atom is 0.255 e. The van der Waals surface area contributed by atoms with Crippen molar-refractivity contribution < 1.29 is 8.78 Å². The van der Waals surface area contributed by atoms with Gasteiger partial charge in [0.1, 0.15) is 4.60 Å². The molecule has 1 heterocycles. The zero-order chi connectivity index (χ0) is 9.84. The number of halogens is 4. The number of anilines is 1. The van der Waals surface area contributed by atoms with Gasteiger partial charge in [-0.25, -0.2) is 13.8 Å². The van der Waals surface area contributed by atoms with E-state index in [1.165, 1.54) is 0 Å². The van der Waals surface area contributed by atoms with E-state index in [1.807, 2.05) is 0 Å². The van der Waals surface area contributed by atoms with Crippen molar-refractivity contribution in [3.05, 3.63) is 21.3 Å². The summed E-state index contributed by atoms with van der Waals surface area (Å²) >= 11 is 6.33. The van der Waals surface area contributed by atoms with E-state index in [1.54, 1.807) is 12.3 Å². The summed E-state index contributed by atoms with van der Waals surface area (Å²) in [6, 6.07) is 1.68. The Labute approximate surface area is 91.0 Å². The Morgan fingerprint density at radius 1 is 1.46 bits per heavy atom. The monoisotopic (exact) mass is 314 g/mol. The van der Waals surface area contributed by atoms with Crippen LogP contribution in [0.1, 0.15) is 0 Å². The van der Waals surface area contributed by atoms with Gasteiger partial charge in [-0.05, 0) is 37.9 Å². The molecule has 0 aromatic carbocycles. The molecule has 2 nitrogen and oxygen atoms in total. The molecule has 1 aromatic rings. The molecule has 0 amide bonds. The molecule has 72 valence electrons. The van der Waals surface area contributed by atoms with Gasteiger partial charge in [0, 0.05) is 10.7 Å². The third kappa shape index (κ3) is 3.56. The van der Waals surface area contributed by atoms with Gasteiger partial charge in [0.15, 0.2) is 0 Å². The van der Waals surface area contributed by atoms with Crippen LogP contribution in [0.5, 0.6) is 0 Å². The standard InChI is InChI=1S/C7H6Br2F2N2/c8-4-1-5(7(9)13-2-4)12-3-6(10)11/h1-2,6,12H,3H2. The Hall–Kier alpha value is -0.230. The van der Waals surface area contributed by atoms with Crippen molar-refractivity contribution in [2.45, 2.75) is 6.43 Å². The van der Waals surface area contributed by atoms with Crippen molar-refractivity contribution in [3.63, 3.8) is 0 Å². The highest BCUT2D eigenvalue weighted by molar-refractivity contribution is 9.11. The van der Waals surface area contributed by atoms with Crippen LogP contribution in [0.3, 0.4) is 0 Å². The number of hydrogen-bond acceptors (Lipinski definition) is 2. The highest BCUT2D eigenvalue weighted by Gasteiger charge is 2.05. The van der Waals surface area contributed by atoms with Crippen molar-refractivity contribution in [2.24, 2.45) is 0 Å². The molecule has 0 saturated carbocycles. The average molecular weight is 316 g/mol. The van der Waals surface area contributed by atoms with Gasteiger partial charge < -0.3 is 5.32 Å². The van der Waals surface area contributed by atoms with E-state index in [-0.39, 0.29) is 6.54 Å². The zero-order valence-electron chi connectivity index (χ0n) is 6.40. The largest absolute Gasteiger partial charge is 0.377 e. The van der Waals surface area contributed by atoms with E-state index in [4.69, 9.17) is 0 Å². The fourth-order valence-electron chi connectivity index (χ4n) is 0.734. The molecule has 0 radical (unpaired) electrons. The summed E-state index contributed by atoms with van der Waals surface area (Å²) in [7, 11) is 0. The van der Waals surface area contributed by atoms with E-state index in [9.17, 15) is 8.78 Å². The van der Waals surface area contributed by atoms with Crippen LogP contribution >= 0.6 is 31.9 Å². The molecule has 0 unspecified atom stereocenters. The van der Waals surface area contributed by atoms with E-state index < -0.39 is 6.43 Å². The number of rotatable bonds is 3. The van der Waals surface area contributed by atoms with E-state index >= 15 is 0 Å². The first-order valence-corrected chi connectivity index (χ1v) is 5.01. The fourth-order valence-corrected chi connectivity index (χ4v) is 1.42. The van der Waals surface area contributed by atoms with Crippen molar-refractivity contribution in [3.8, 4) is 0 Å². The SMILES string of the molecule is FC(F)CNc1cc(Br)cnc1Br. The molecule has 0 atom stereocenters. The third-order valence-electron chi connectivity index (χ3n) is 1.25. The minimum absolute atomic E-state index is 0.378. The average Bonchev–Trinajstić information content (AvgIpc) is 2.06. The summed E-state index contributed by atoms with van der Waals surface area (Å²) < 4.78 is 25.0. The van der Waals surface area contributed by atoms with Gasteiger partial charge >= 0.3 is 0 Å². The van der Waals surface area contributed by atoms with Gasteiger partial charge in [-0.15, -0.1) is 0 Å². The van der Waals surface area contributed by atoms with Crippen LogP contribution in [0.2, 0.25) is 0 Å². The normalized spacial score (nSPS) is 10.5. The lowest BCUT2D eigenvalue weighted by molar-refractivity contribution is 0.163. The fraction of sp³-hybridized carbons (Fsp3) is 0.286. The van der Waals surface area contributed by atoms with Gasteiger partial charge in [-0.1, -0.05) is 0 Å². The smallest absolute Gasteiger partial charge is 0.255 e. The minimum atomic E-state index is -2.37. The van der Waals surface area contributed by atoms with Crippen LogP contribution in [0.4, 0.5) is 14.5 Å². The van der Waals surface area contributed by atoms with Crippen LogP contribution in [0.15, 0.2) is 21.3 Å². The number of pyridine rings is 1. The topological polar surface area (TPSA) is 24.9 Å². The summed E-state index contributed by atoms with van der Waals surface area (Å²) in [5, 5.41) is 2.56. The summed E-state index contributed by atoms with van der Waals surface area (Å²) in [6.07, 6.45) is -0.789. The van der Waals surface area contributed by atoms with E-state index in [2.05, 4.69) is 42.2 Å². The van der Waals surface area contributed by atoms with Crippen LogP contribution in [0.25, 0.3) is 0 Å². The lowest BCUT2D eigenvalue weighted by atomic mass is 10.4. The van der Waals surface area contributed by atoms with Gasteiger partial charge in [0.25, 0.3) is 6.43 Å². The van der Waals surface area contributed by atoms with Crippen LogP contribution in [-0.4, -0.2) is 18.0 Å². The zero-order valence-corrected chi connectivity index (χ0v) is 9.57. The number of alkyl halides is 2. The quantitative estimate of drug-likeness (QED) is 0.866. The highest BCUT2D eigenvalue weighted by Crippen LogP contribution is 2.23. The Kier molecular flexibility index (Phi) is 4.05. The summed E-state index contributed by atoms with van der Waals surface area (Å²) in [5.41, 5.74) is 0.551. The molecule has 13 heavy (non-hydrogen) atoms. The number of aromatic nitrogens is 1. The van der Waals surface area contributed by atoms with E-state index in [0.29, 0.717) is 10.3 Å². The first-order valence-electron chi connectivity index (χ1n) is 3.42. The van der Waals surface area contributed by atoms with Gasteiger partial charge in [0.05, 0.1) is 12.2 Å². The first-order chi connectivity index (χ1) is 6.09. The molecule has 0 aliphatic carbocycles. The minimum Gasteiger partial charge on any atom is -0.377 e. The number of nitrogens with zero attached hydrogens (tertiary/aromatic N) is 1. The Bertz CT molecular complexity index is 294. The predicted molar refractivity (Wildman–Crippen MR) is 54.1 cm³/mol. The summed E-state index contributed by atoms with van der Waals surface area (Å²) in [6.45, 7) is -0.378. The summed E-state index contributed by atoms with van der Waals surface area (Å²) in [4.78, 5) is 3.92. The Morgan fingerprint density at radius 3 is 2.77 bits per heavy atom. The van der Waals surface area contributed by atoms with Crippen molar-refractivity contribution in [1.82, 2.24) is 4.98 Å². The molecule has 0 bridgehead atoms. The number of nitrogens with one attached hydrogen (secondary N) is 1. The van der Waals surface area contributed by atoms with Crippen molar-refractivity contribution >= 4 is 37.5 Å². The van der Waals surface area contributed by atoms with Crippen LogP contribution < -0.4 is 5.32 Å². The molecule has 0 aliphatic rings. The molecule has 6 heteroatoms. The van der Waals surface area contributed by atoms with Crippen LogP contribution in [0, 0.1) is 0 Å². The molecular formula is C7H6Br2F2N2. The maximum absolute atomic E-state index is 11.8. The van der Waals surface area contributed by atoms with Crippen LogP contribution in [-0.2, 0) is 0 Å². The first kappa shape index (κ1) is 10.8. The van der Waals surface area contributed by atoms with Crippen molar-refractivity contribution in [2.75, 3.05) is 11.9 Å². The second-order valence-electron chi connectivity index (χ2n) is 2.26. The molecule has 0 saturated heterocycles. The summed E-state index contributed by atoms with van der Waals surface area (Å²) in [5.74, 6) is 0. The lowest BCUT2D eigenvalue weighted by Crippen LogP contribution is -2.10. The van der Waals surface area contributed by atoms with Gasteiger partial charge in [-0.3, -0.25) is 0 Å². The molecule has 0 fully saturated rings. The third-order valence-corrected chi connectivity index (χ3v) is 2.32. The predicted octanol–water partition coefficient (Wildman–Crippen LogP) is 3.28. The number of hydrogen-bond donors (Lipinski definition) is 1. The highest BCUT2D eigenvalue weighted by atomic mass is 79.9. The Morgan fingerprint density at radius 2 is 2.15 bits per heavy atom. The molecule has 1 aromatic heterocycles. The molecule has 0 spiro atoms. The molecule has 1 N–H and O–H groups in total. The second kappa shape index (κ2) is 4.85. The van der Waals surface area contributed by atoms with E-state index in [0.717, 1.165) is 4.47 Å².